The van der Waals surface area contributed by atoms with Gasteiger partial charge in [0.25, 0.3) is 0 Å². The Balaban J connectivity index is 0.00000363. The van der Waals surface area contributed by atoms with Gasteiger partial charge in [-0.05, 0) is 61.2 Å². The molecule has 0 bridgehead atoms. The Bertz CT molecular complexity index is 971. The van der Waals surface area contributed by atoms with Gasteiger partial charge in [0.2, 0.25) is 0 Å². The van der Waals surface area contributed by atoms with E-state index in [9.17, 15) is 4.79 Å². The Morgan fingerprint density at radius 1 is 1.03 bits per heavy atom. The quantitative estimate of drug-likeness (QED) is 0.185. The van der Waals surface area contributed by atoms with Gasteiger partial charge in [0, 0.05) is 32.0 Å². The fraction of sp³-hybridized carbons (Fsp3) is 0.292. The molecule has 3 aromatic rings. The van der Waals surface area contributed by atoms with Crippen molar-refractivity contribution in [1.82, 2.24) is 20.4 Å². The fourth-order valence-corrected chi connectivity index (χ4v) is 3.13. The second-order valence-corrected chi connectivity index (χ2v) is 6.99. The number of methoxy groups -OCH3 is 1. The summed E-state index contributed by atoms with van der Waals surface area (Å²) in [4.78, 5) is 16.2. The average Bonchev–Trinajstić information content (AvgIpc) is 3.34. The van der Waals surface area contributed by atoms with E-state index in [0.717, 1.165) is 43.1 Å². The Morgan fingerprint density at radius 2 is 1.72 bits per heavy atom. The first-order chi connectivity index (χ1) is 15.2. The highest BCUT2D eigenvalue weighted by molar-refractivity contribution is 14.0. The molecule has 0 atom stereocenters. The molecule has 1 heterocycles. The van der Waals surface area contributed by atoms with Crippen molar-refractivity contribution in [2.24, 2.45) is 4.99 Å². The van der Waals surface area contributed by atoms with Crippen LogP contribution in [-0.4, -0.2) is 48.5 Å². The van der Waals surface area contributed by atoms with Crippen LogP contribution in [0.2, 0.25) is 0 Å². The van der Waals surface area contributed by atoms with Crippen molar-refractivity contribution in [2.75, 3.05) is 26.7 Å². The van der Waals surface area contributed by atoms with Crippen LogP contribution in [0.1, 0.15) is 28.4 Å². The van der Waals surface area contributed by atoms with Gasteiger partial charge >= 0.3 is 5.97 Å². The highest BCUT2D eigenvalue weighted by atomic mass is 127. The number of ether oxygens (including phenoxy) is 1. The van der Waals surface area contributed by atoms with Crippen LogP contribution >= 0.6 is 24.0 Å². The third kappa shape index (κ3) is 7.67. The molecule has 0 spiro atoms. The van der Waals surface area contributed by atoms with E-state index in [1.54, 1.807) is 18.3 Å². The van der Waals surface area contributed by atoms with Gasteiger partial charge in [-0.15, -0.1) is 24.0 Å². The zero-order valence-electron chi connectivity index (χ0n) is 18.5. The molecule has 0 aliphatic heterocycles. The minimum Gasteiger partial charge on any atom is -0.465 e. The van der Waals surface area contributed by atoms with E-state index in [1.165, 1.54) is 12.7 Å². The van der Waals surface area contributed by atoms with E-state index in [-0.39, 0.29) is 29.9 Å². The van der Waals surface area contributed by atoms with Gasteiger partial charge in [-0.1, -0.05) is 24.3 Å². The van der Waals surface area contributed by atoms with E-state index >= 15 is 0 Å². The number of aliphatic imine (C=N–C) groups is 1. The maximum atomic E-state index is 11.5. The molecule has 0 aliphatic carbocycles. The summed E-state index contributed by atoms with van der Waals surface area (Å²) in [6.07, 6.45) is 5.41. The summed E-state index contributed by atoms with van der Waals surface area (Å²) in [5.74, 6) is 0.487. The summed E-state index contributed by atoms with van der Waals surface area (Å²) in [6, 6.07) is 17.8. The van der Waals surface area contributed by atoms with Crippen molar-refractivity contribution < 1.29 is 9.53 Å². The molecule has 0 saturated carbocycles. The van der Waals surface area contributed by atoms with Crippen LogP contribution in [-0.2, 0) is 17.6 Å². The zero-order chi connectivity index (χ0) is 21.9. The van der Waals surface area contributed by atoms with Gasteiger partial charge in [0.15, 0.2) is 5.96 Å². The largest absolute Gasteiger partial charge is 0.465 e. The Morgan fingerprint density at radius 3 is 2.34 bits per heavy atom. The number of benzene rings is 2. The van der Waals surface area contributed by atoms with E-state index in [2.05, 4.69) is 51.9 Å². The normalized spacial score (nSPS) is 10.9. The van der Waals surface area contributed by atoms with Crippen LogP contribution in [0.5, 0.6) is 0 Å². The molecule has 8 heteroatoms. The minimum absolute atomic E-state index is 0. The van der Waals surface area contributed by atoms with E-state index < -0.39 is 0 Å². The molecule has 0 radical (unpaired) electrons. The number of carbonyl (C=O) groups is 1. The van der Waals surface area contributed by atoms with Crippen LogP contribution in [0.3, 0.4) is 0 Å². The summed E-state index contributed by atoms with van der Waals surface area (Å²) >= 11 is 0. The molecular weight excluding hydrogens is 517 g/mol. The topological polar surface area (TPSA) is 80.5 Å². The van der Waals surface area contributed by atoms with Crippen molar-refractivity contribution in [1.29, 1.82) is 0 Å². The number of rotatable bonds is 9. The lowest BCUT2D eigenvalue weighted by molar-refractivity contribution is 0.0600. The standard InChI is InChI=1S/C24H29N5O2.HI/c1-3-25-24(26-16-13-19-5-9-21(10-6-19)23(30)31-2)27-17-14-20-7-11-22(12-8-20)29-18-4-15-28-29;/h4-12,15,18H,3,13-14,16-17H2,1-2H3,(H2,25,26,27);1H. The lowest BCUT2D eigenvalue weighted by Crippen LogP contribution is -2.38. The Kier molecular flexibility index (Phi) is 10.7. The molecule has 0 aliphatic rings. The van der Waals surface area contributed by atoms with Gasteiger partial charge < -0.3 is 15.4 Å². The van der Waals surface area contributed by atoms with E-state index in [1.807, 2.05) is 29.1 Å². The second-order valence-electron chi connectivity index (χ2n) is 6.99. The third-order valence-electron chi connectivity index (χ3n) is 4.80. The summed E-state index contributed by atoms with van der Waals surface area (Å²) in [6.45, 7) is 4.31. The first-order valence-electron chi connectivity index (χ1n) is 10.5. The van der Waals surface area contributed by atoms with Gasteiger partial charge in [0.05, 0.1) is 18.4 Å². The fourth-order valence-electron chi connectivity index (χ4n) is 3.13. The summed E-state index contributed by atoms with van der Waals surface area (Å²) in [5.41, 5.74) is 3.99. The molecule has 0 amide bonds. The highest BCUT2D eigenvalue weighted by Crippen LogP contribution is 2.09. The second kappa shape index (κ2) is 13.5. The van der Waals surface area contributed by atoms with E-state index in [4.69, 9.17) is 4.74 Å². The maximum Gasteiger partial charge on any atom is 0.337 e. The Labute approximate surface area is 206 Å². The first-order valence-corrected chi connectivity index (χ1v) is 10.5. The number of nitrogens with one attached hydrogen (secondary N) is 2. The van der Waals surface area contributed by atoms with Crippen LogP contribution in [0, 0.1) is 0 Å². The molecule has 0 fully saturated rings. The molecule has 3 rings (SSSR count). The summed E-state index contributed by atoms with van der Waals surface area (Å²) in [7, 11) is 1.39. The lowest BCUT2D eigenvalue weighted by atomic mass is 10.1. The number of aromatic nitrogens is 2. The van der Waals surface area contributed by atoms with Gasteiger partial charge in [-0.3, -0.25) is 4.99 Å². The predicted octanol–water partition coefficient (Wildman–Crippen LogP) is 3.62. The first kappa shape index (κ1) is 25.4. The molecule has 0 saturated heterocycles. The average molecular weight is 547 g/mol. The minimum atomic E-state index is -0.320. The number of guanidine groups is 1. The maximum absolute atomic E-state index is 11.5. The SMILES string of the molecule is CCNC(=NCCc1ccc(C(=O)OC)cc1)NCCc1ccc(-n2cccn2)cc1.I. The van der Waals surface area contributed by atoms with Crippen molar-refractivity contribution in [3.05, 3.63) is 83.7 Å². The molecule has 2 aromatic carbocycles. The van der Waals surface area contributed by atoms with Crippen LogP contribution in [0.25, 0.3) is 5.69 Å². The molecule has 0 unspecified atom stereocenters. The predicted molar refractivity (Wildman–Crippen MR) is 138 cm³/mol. The lowest BCUT2D eigenvalue weighted by Gasteiger charge is -2.11. The zero-order valence-corrected chi connectivity index (χ0v) is 20.8. The number of esters is 1. The van der Waals surface area contributed by atoms with E-state index in [0.29, 0.717) is 12.1 Å². The van der Waals surface area contributed by atoms with Gasteiger partial charge in [0.1, 0.15) is 0 Å². The monoisotopic (exact) mass is 547 g/mol. The van der Waals surface area contributed by atoms with Crippen LogP contribution in [0.4, 0.5) is 0 Å². The number of hydrogen-bond acceptors (Lipinski definition) is 4. The summed E-state index contributed by atoms with van der Waals surface area (Å²) in [5, 5.41) is 10.9. The number of halogens is 1. The van der Waals surface area contributed by atoms with Crippen molar-refractivity contribution >= 4 is 35.9 Å². The number of hydrogen-bond donors (Lipinski definition) is 2. The molecular formula is C24H30IN5O2. The molecule has 2 N–H and O–H groups in total. The number of carbonyl (C=O) groups excluding carboxylic acids is 1. The molecule has 32 heavy (non-hydrogen) atoms. The third-order valence-corrected chi connectivity index (χ3v) is 4.80. The highest BCUT2D eigenvalue weighted by Gasteiger charge is 2.04. The van der Waals surface area contributed by atoms with Gasteiger partial charge in [-0.25, -0.2) is 9.48 Å². The Hall–Kier alpha value is -2.88. The molecule has 170 valence electrons. The van der Waals surface area contributed by atoms with Crippen molar-refractivity contribution in [2.45, 2.75) is 19.8 Å². The molecule has 7 nitrogen and oxygen atoms in total. The van der Waals surface area contributed by atoms with Crippen LogP contribution < -0.4 is 10.6 Å². The van der Waals surface area contributed by atoms with Crippen LogP contribution in [0.15, 0.2) is 72.0 Å². The number of nitrogens with zero attached hydrogens (tertiary/aromatic N) is 3. The van der Waals surface area contributed by atoms with Gasteiger partial charge in [-0.2, -0.15) is 5.10 Å². The van der Waals surface area contributed by atoms with Crippen molar-refractivity contribution in [3.8, 4) is 5.69 Å². The smallest absolute Gasteiger partial charge is 0.337 e. The molecule has 1 aromatic heterocycles. The summed E-state index contributed by atoms with van der Waals surface area (Å²) < 4.78 is 6.57. The van der Waals surface area contributed by atoms with Crippen molar-refractivity contribution in [3.63, 3.8) is 0 Å².